The Morgan fingerprint density at radius 2 is 1.71 bits per heavy atom. The molecule has 0 saturated heterocycles. The number of unbranched alkanes of at least 4 members (excludes halogenated alkanes) is 2. The highest BCUT2D eigenvalue weighted by atomic mass is 35.5. The van der Waals surface area contributed by atoms with E-state index in [0.717, 1.165) is 37.8 Å². The lowest BCUT2D eigenvalue weighted by Crippen LogP contribution is -2.22. The minimum atomic E-state index is -0.689. The van der Waals surface area contributed by atoms with Crippen molar-refractivity contribution in [3.05, 3.63) is 63.4 Å². The Labute approximate surface area is 175 Å². The van der Waals surface area contributed by atoms with Gasteiger partial charge in [0.2, 0.25) is 0 Å². The maximum Gasteiger partial charge on any atom is 0.123 e. The smallest absolute Gasteiger partial charge is 0.123 e. The number of halogens is 3. The molecule has 4 N–H and O–H groups in total. The van der Waals surface area contributed by atoms with Crippen molar-refractivity contribution in [1.29, 1.82) is 0 Å². The lowest BCUT2D eigenvalue weighted by atomic mass is 10.1. The molecule has 154 valence electrons. The molecule has 2 rings (SSSR count). The maximum atomic E-state index is 12.8. The second kappa shape index (κ2) is 12.2. The van der Waals surface area contributed by atoms with Crippen molar-refractivity contribution in [2.45, 2.75) is 31.8 Å². The first-order valence-corrected chi connectivity index (χ1v) is 10.2. The Morgan fingerprint density at radius 1 is 1.04 bits per heavy atom. The van der Waals surface area contributed by atoms with Gasteiger partial charge in [-0.3, -0.25) is 0 Å². The largest absolute Gasteiger partial charge is 0.396 e. The van der Waals surface area contributed by atoms with Crippen LogP contribution in [0.3, 0.4) is 0 Å². The highest BCUT2D eigenvalue weighted by Crippen LogP contribution is 2.31. The van der Waals surface area contributed by atoms with Crippen LogP contribution in [0.15, 0.2) is 36.4 Å². The van der Waals surface area contributed by atoms with Gasteiger partial charge in [-0.2, -0.15) is 0 Å². The van der Waals surface area contributed by atoms with Gasteiger partial charge in [-0.25, -0.2) is 4.39 Å². The summed E-state index contributed by atoms with van der Waals surface area (Å²) in [6.07, 6.45) is 3.12. The third-order valence-corrected chi connectivity index (χ3v) is 5.04. The molecule has 0 heterocycles. The predicted octanol–water partition coefficient (Wildman–Crippen LogP) is 4.77. The molecular formula is C21H27Cl2FN2O2. The van der Waals surface area contributed by atoms with Crippen LogP contribution in [0.4, 0.5) is 10.1 Å². The summed E-state index contributed by atoms with van der Waals surface area (Å²) in [5.74, 6) is -0.216. The van der Waals surface area contributed by atoms with Gasteiger partial charge in [0.25, 0.3) is 0 Å². The van der Waals surface area contributed by atoms with Crippen LogP contribution in [0.2, 0.25) is 10.0 Å². The lowest BCUT2D eigenvalue weighted by Gasteiger charge is -2.14. The van der Waals surface area contributed by atoms with E-state index in [0.29, 0.717) is 41.1 Å². The zero-order chi connectivity index (χ0) is 20.4. The molecule has 0 radical (unpaired) electrons. The van der Waals surface area contributed by atoms with E-state index >= 15 is 0 Å². The summed E-state index contributed by atoms with van der Waals surface area (Å²) in [5.41, 5.74) is 7.75. The van der Waals surface area contributed by atoms with E-state index in [1.807, 2.05) is 0 Å². The first-order valence-electron chi connectivity index (χ1n) is 9.42. The summed E-state index contributed by atoms with van der Waals surface area (Å²) in [5, 5.41) is 14.1. The van der Waals surface area contributed by atoms with Crippen LogP contribution in [-0.4, -0.2) is 31.4 Å². The molecule has 0 aliphatic rings. The van der Waals surface area contributed by atoms with Crippen molar-refractivity contribution in [2.24, 2.45) is 0 Å². The minimum Gasteiger partial charge on any atom is -0.396 e. The van der Waals surface area contributed by atoms with Crippen molar-refractivity contribution in [2.75, 3.05) is 32.0 Å². The maximum absolute atomic E-state index is 12.8. The Bertz CT molecular complexity index is 706. The van der Waals surface area contributed by atoms with Crippen molar-refractivity contribution in [3.8, 4) is 0 Å². The summed E-state index contributed by atoms with van der Waals surface area (Å²) in [4.78, 5) is 0. The monoisotopic (exact) mass is 428 g/mol. The number of ether oxygens (including phenoxy) is 1. The third-order valence-electron chi connectivity index (χ3n) is 4.41. The van der Waals surface area contributed by atoms with Crippen molar-refractivity contribution in [1.82, 2.24) is 5.32 Å². The first-order chi connectivity index (χ1) is 13.5. The quantitative estimate of drug-likeness (QED) is 0.336. The minimum absolute atomic E-state index is 0.216. The number of hydrogen-bond acceptors (Lipinski definition) is 4. The number of nitrogen functional groups attached to an aromatic ring is 1. The predicted molar refractivity (Wildman–Crippen MR) is 113 cm³/mol. The van der Waals surface area contributed by atoms with Crippen LogP contribution >= 0.6 is 23.2 Å². The second-order valence-electron chi connectivity index (χ2n) is 6.67. The van der Waals surface area contributed by atoms with Gasteiger partial charge in [0, 0.05) is 13.2 Å². The fourth-order valence-electron chi connectivity index (χ4n) is 2.73. The van der Waals surface area contributed by atoms with E-state index in [4.69, 9.17) is 33.7 Å². The topological polar surface area (TPSA) is 67.5 Å². The Morgan fingerprint density at radius 3 is 2.39 bits per heavy atom. The van der Waals surface area contributed by atoms with E-state index in [9.17, 15) is 9.50 Å². The molecule has 0 aliphatic heterocycles. The van der Waals surface area contributed by atoms with E-state index in [-0.39, 0.29) is 5.82 Å². The van der Waals surface area contributed by atoms with Gasteiger partial charge in [-0.15, -0.1) is 0 Å². The third kappa shape index (κ3) is 7.94. The highest BCUT2D eigenvalue weighted by molar-refractivity contribution is 6.38. The number of rotatable bonds is 12. The van der Waals surface area contributed by atoms with E-state index in [2.05, 4.69) is 5.32 Å². The lowest BCUT2D eigenvalue weighted by molar-refractivity contribution is 0.132. The van der Waals surface area contributed by atoms with Gasteiger partial charge in [-0.1, -0.05) is 35.3 Å². The van der Waals surface area contributed by atoms with Crippen LogP contribution in [0.1, 0.15) is 36.5 Å². The molecule has 2 aromatic carbocycles. The molecule has 28 heavy (non-hydrogen) atoms. The van der Waals surface area contributed by atoms with Crippen molar-refractivity contribution < 1.29 is 14.2 Å². The summed E-state index contributed by atoms with van der Waals surface area (Å²) in [6, 6.07) is 9.78. The normalized spacial score (nSPS) is 12.3. The number of benzene rings is 2. The SMILES string of the molecule is Nc1c(Cl)cc(C(O)CNCCCCCOCCc2ccc(F)cc2)cc1Cl. The van der Waals surface area contributed by atoms with Gasteiger partial charge in [0.15, 0.2) is 0 Å². The second-order valence-corrected chi connectivity index (χ2v) is 7.48. The van der Waals surface area contributed by atoms with Gasteiger partial charge >= 0.3 is 0 Å². The summed E-state index contributed by atoms with van der Waals surface area (Å²) < 4.78 is 18.4. The molecule has 0 amide bonds. The molecular weight excluding hydrogens is 402 g/mol. The van der Waals surface area contributed by atoms with Gasteiger partial charge in [-0.05, 0) is 67.6 Å². The van der Waals surface area contributed by atoms with Gasteiger partial charge in [0.1, 0.15) is 5.82 Å². The number of nitrogens with two attached hydrogens (primary N) is 1. The first kappa shape index (κ1) is 22.9. The van der Waals surface area contributed by atoms with Crippen LogP contribution in [0.25, 0.3) is 0 Å². The highest BCUT2D eigenvalue weighted by Gasteiger charge is 2.11. The molecule has 4 nitrogen and oxygen atoms in total. The van der Waals surface area contributed by atoms with E-state index < -0.39 is 6.10 Å². The number of nitrogens with one attached hydrogen (secondary N) is 1. The summed E-state index contributed by atoms with van der Waals surface area (Å²) in [7, 11) is 0. The molecule has 0 aliphatic carbocycles. The Balaban J connectivity index is 1.48. The molecule has 0 saturated carbocycles. The molecule has 0 spiro atoms. The summed E-state index contributed by atoms with van der Waals surface area (Å²) >= 11 is 12.0. The molecule has 7 heteroatoms. The molecule has 2 aromatic rings. The van der Waals surface area contributed by atoms with Crippen LogP contribution in [0, 0.1) is 5.82 Å². The van der Waals surface area contributed by atoms with E-state index in [1.165, 1.54) is 12.1 Å². The average Bonchev–Trinajstić information content (AvgIpc) is 2.68. The number of aliphatic hydroxyl groups excluding tert-OH is 1. The van der Waals surface area contributed by atoms with Crippen molar-refractivity contribution >= 4 is 28.9 Å². The molecule has 0 aromatic heterocycles. The summed E-state index contributed by atoms with van der Waals surface area (Å²) in [6.45, 7) is 2.59. The van der Waals surface area contributed by atoms with Crippen LogP contribution in [-0.2, 0) is 11.2 Å². The molecule has 0 fully saturated rings. The average molecular weight is 429 g/mol. The van der Waals surface area contributed by atoms with Gasteiger partial charge < -0.3 is 20.9 Å². The van der Waals surface area contributed by atoms with E-state index in [1.54, 1.807) is 24.3 Å². The zero-order valence-electron chi connectivity index (χ0n) is 15.8. The van der Waals surface area contributed by atoms with Crippen LogP contribution in [0.5, 0.6) is 0 Å². The van der Waals surface area contributed by atoms with Crippen molar-refractivity contribution in [3.63, 3.8) is 0 Å². The Hall–Kier alpha value is -1.37. The zero-order valence-corrected chi connectivity index (χ0v) is 17.3. The van der Waals surface area contributed by atoms with Crippen LogP contribution < -0.4 is 11.1 Å². The number of aliphatic hydroxyl groups is 1. The Kier molecular flexibility index (Phi) is 10.0. The molecule has 0 bridgehead atoms. The van der Waals surface area contributed by atoms with Gasteiger partial charge in [0.05, 0.1) is 28.4 Å². The fraction of sp³-hybridized carbons (Fsp3) is 0.429. The standard InChI is InChI=1S/C21H27Cl2FN2O2/c22-18-12-16(13-19(23)21(18)25)20(27)14-26-9-2-1-3-10-28-11-8-15-4-6-17(24)7-5-15/h4-7,12-13,20,26-27H,1-3,8-11,14,25H2. The number of hydrogen-bond donors (Lipinski definition) is 3. The molecule has 1 atom stereocenters. The number of anilines is 1. The molecule has 1 unspecified atom stereocenters. The fourth-order valence-corrected chi connectivity index (χ4v) is 3.23.